The van der Waals surface area contributed by atoms with Gasteiger partial charge in [0.15, 0.2) is 0 Å². The number of carbonyl (C=O) groups is 2. The Labute approximate surface area is 173 Å². The minimum atomic E-state index is -0.756. The number of allylic oxidation sites excluding steroid dienone is 1. The van der Waals surface area contributed by atoms with Gasteiger partial charge < -0.3 is 10.8 Å². The van der Waals surface area contributed by atoms with Gasteiger partial charge in [-0.15, -0.1) is 0 Å². The first-order chi connectivity index (χ1) is 14.5. The van der Waals surface area contributed by atoms with E-state index in [4.69, 9.17) is 5.73 Å². The zero-order valence-corrected chi connectivity index (χ0v) is 16.4. The molecule has 150 valence electrons. The van der Waals surface area contributed by atoms with E-state index < -0.39 is 17.7 Å². The van der Waals surface area contributed by atoms with Crippen molar-refractivity contribution in [3.05, 3.63) is 88.4 Å². The second-order valence-electron chi connectivity index (χ2n) is 7.17. The van der Waals surface area contributed by atoms with Gasteiger partial charge in [0.2, 0.25) is 0 Å². The molecular weight excluding hydrogens is 380 g/mol. The predicted octanol–water partition coefficient (Wildman–Crippen LogP) is 1.91. The second-order valence-corrected chi connectivity index (χ2v) is 7.17. The van der Waals surface area contributed by atoms with Crippen molar-refractivity contribution in [3.8, 4) is 6.07 Å². The summed E-state index contributed by atoms with van der Waals surface area (Å²) in [4.78, 5) is 29.0. The molecule has 0 aliphatic carbocycles. The Hall–Kier alpha value is -3.89. The zero-order valence-electron chi connectivity index (χ0n) is 16.4. The first-order valence-electron chi connectivity index (χ1n) is 9.52. The van der Waals surface area contributed by atoms with Gasteiger partial charge in [-0.2, -0.15) is 5.26 Å². The average Bonchev–Trinajstić information content (AvgIpc) is 2.99. The Morgan fingerprint density at radius 3 is 2.33 bits per heavy atom. The lowest BCUT2D eigenvalue weighted by Crippen LogP contribution is -2.38. The third-order valence-corrected chi connectivity index (χ3v) is 5.37. The largest absolute Gasteiger partial charge is 0.395 e. The summed E-state index contributed by atoms with van der Waals surface area (Å²) in [5.74, 6) is -1.70. The molecular formula is C23H20N4O3. The third kappa shape index (κ3) is 2.86. The Morgan fingerprint density at radius 2 is 1.73 bits per heavy atom. The van der Waals surface area contributed by atoms with Crippen LogP contribution in [0, 0.1) is 18.3 Å². The molecule has 0 aromatic heterocycles. The van der Waals surface area contributed by atoms with Gasteiger partial charge in [0.1, 0.15) is 11.5 Å². The molecule has 2 aromatic carbocycles. The number of carbonyl (C=O) groups excluding carboxylic acids is 2. The Balaban J connectivity index is 1.98. The molecule has 7 nitrogen and oxygen atoms in total. The van der Waals surface area contributed by atoms with E-state index in [9.17, 15) is 20.0 Å². The number of aliphatic hydroxyl groups excluding tert-OH is 1. The molecule has 0 bridgehead atoms. The van der Waals surface area contributed by atoms with E-state index in [0.717, 1.165) is 10.5 Å². The molecule has 4 rings (SSSR count). The van der Waals surface area contributed by atoms with Gasteiger partial charge in [0.25, 0.3) is 11.8 Å². The summed E-state index contributed by atoms with van der Waals surface area (Å²) in [6.45, 7) is 1.45. The van der Waals surface area contributed by atoms with Gasteiger partial charge in [-0.3, -0.25) is 19.4 Å². The van der Waals surface area contributed by atoms with Gasteiger partial charge in [-0.1, -0.05) is 48.0 Å². The molecule has 2 aliphatic heterocycles. The first-order valence-corrected chi connectivity index (χ1v) is 9.52. The van der Waals surface area contributed by atoms with Crippen molar-refractivity contribution in [1.82, 2.24) is 4.90 Å². The lowest BCUT2D eigenvalue weighted by Gasteiger charge is -2.33. The highest BCUT2D eigenvalue weighted by atomic mass is 16.3. The molecule has 0 spiro atoms. The second kappa shape index (κ2) is 7.50. The van der Waals surface area contributed by atoms with Crippen LogP contribution in [0.2, 0.25) is 0 Å². The van der Waals surface area contributed by atoms with E-state index in [1.165, 1.54) is 4.90 Å². The highest BCUT2D eigenvalue weighted by Gasteiger charge is 2.49. The van der Waals surface area contributed by atoms with Crippen LogP contribution in [0.25, 0.3) is 0 Å². The molecule has 0 radical (unpaired) electrons. The van der Waals surface area contributed by atoms with E-state index in [0.29, 0.717) is 11.3 Å². The molecule has 0 saturated carbocycles. The molecule has 2 heterocycles. The highest BCUT2D eigenvalue weighted by molar-refractivity contribution is 6.22. The lowest BCUT2D eigenvalue weighted by atomic mass is 9.81. The number of amides is 2. The maximum atomic E-state index is 13.3. The van der Waals surface area contributed by atoms with Crippen LogP contribution >= 0.6 is 0 Å². The summed E-state index contributed by atoms with van der Waals surface area (Å²) >= 11 is 0. The number of rotatable bonds is 4. The maximum absolute atomic E-state index is 13.3. The van der Waals surface area contributed by atoms with Crippen LogP contribution in [0.1, 0.15) is 17.0 Å². The van der Waals surface area contributed by atoms with Gasteiger partial charge >= 0.3 is 0 Å². The molecule has 1 atom stereocenters. The number of β-amino-alcohol motifs (C(OH)–C–C–N with tert-alkyl or cyclic N) is 1. The predicted molar refractivity (Wildman–Crippen MR) is 110 cm³/mol. The number of imide groups is 1. The van der Waals surface area contributed by atoms with Crippen LogP contribution in [0.3, 0.4) is 0 Å². The number of anilines is 1. The fourth-order valence-electron chi connectivity index (χ4n) is 3.96. The Bertz CT molecular complexity index is 1130. The maximum Gasteiger partial charge on any atom is 0.278 e. The number of aliphatic hydroxyl groups is 1. The molecule has 2 aliphatic rings. The summed E-state index contributed by atoms with van der Waals surface area (Å²) in [5.41, 5.74) is 9.26. The molecule has 0 fully saturated rings. The minimum absolute atomic E-state index is 0.112. The Morgan fingerprint density at radius 1 is 1.07 bits per heavy atom. The first kappa shape index (κ1) is 19.4. The number of nitrogens with zero attached hydrogens (tertiary/aromatic N) is 3. The van der Waals surface area contributed by atoms with Gasteiger partial charge in [0, 0.05) is 5.69 Å². The van der Waals surface area contributed by atoms with Crippen molar-refractivity contribution < 1.29 is 14.7 Å². The van der Waals surface area contributed by atoms with Crippen molar-refractivity contribution in [2.75, 3.05) is 18.1 Å². The summed E-state index contributed by atoms with van der Waals surface area (Å²) in [6.07, 6.45) is 0. The summed E-state index contributed by atoms with van der Waals surface area (Å²) in [5, 5.41) is 19.3. The van der Waals surface area contributed by atoms with Crippen molar-refractivity contribution in [2.24, 2.45) is 5.73 Å². The molecule has 2 amide bonds. The fourth-order valence-corrected chi connectivity index (χ4v) is 3.96. The van der Waals surface area contributed by atoms with Crippen molar-refractivity contribution in [3.63, 3.8) is 0 Å². The zero-order chi connectivity index (χ0) is 21.4. The molecule has 1 unspecified atom stereocenters. The summed E-state index contributed by atoms with van der Waals surface area (Å²) in [6, 6.07) is 18.5. The number of hydrogen-bond acceptors (Lipinski definition) is 6. The number of nitriles is 1. The fraction of sp³-hybridized carbons (Fsp3) is 0.174. The van der Waals surface area contributed by atoms with Crippen molar-refractivity contribution in [1.29, 1.82) is 5.26 Å². The van der Waals surface area contributed by atoms with Gasteiger partial charge in [-0.05, 0) is 24.6 Å². The molecule has 3 N–H and O–H groups in total. The van der Waals surface area contributed by atoms with E-state index in [2.05, 4.69) is 6.07 Å². The molecule has 7 heteroatoms. The van der Waals surface area contributed by atoms with E-state index in [1.54, 1.807) is 36.4 Å². The van der Waals surface area contributed by atoms with Gasteiger partial charge in [0.05, 0.1) is 36.3 Å². The minimum Gasteiger partial charge on any atom is -0.395 e. The van der Waals surface area contributed by atoms with E-state index in [1.807, 2.05) is 25.1 Å². The highest BCUT2D eigenvalue weighted by Crippen LogP contribution is 2.45. The number of hydrogen-bond donors (Lipinski definition) is 2. The smallest absolute Gasteiger partial charge is 0.278 e. The number of benzene rings is 2. The van der Waals surface area contributed by atoms with E-state index in [-0.39, 0.29) is 35.8 Å². The summed E-state index contributed by atoms with van der Waals surface area (Å²) < 4.78 is 0. The number of aryl methyl sites for hydroxylation is 1. The normalized spacial score (nSPS) is 18.8. The van der Waals surface area contributed by atoms with Crippen LogP contribution in [-0.2, 0) is 9.59 Å². The van der Waals surface area contributed by atoms with Crippen molar-refractivity contribution >= 4 is 17.5 Å². The monoisotopic (exact) mass is 400 g/mol. The Kier molecular flexibility index (Phi) is 4.86. The van der Waals surface area contributed by atoms with Crippen molar-refractivity contribution in [2.45, 2.75) is 12.8 Å². The van der Waals surface area contributed by atoms with Crippen LogP contribution in [0.4, 0.5) is 5.69 Å². The standard InChI is InChI=1S/C23H20N4O3/c1-14-7-9-16(10-8-14)27-20-19(22(29)26(11-12-28)23(20)30)18(17(13-24)21(27)25)15-5-3-2-4-6-15/h2-10,18,28H,11-12,25H2,1H3. The summed E-state index contributed by atoms with van der Waals surface area (Å²) in [7, 11) is 0. The van der Waals surface area contributed by atoms with Crippen LogP contribution in [0.15, 0.2) is 77.3 Å². The lowest BCUT2D eigenvalue weighted by molar-refractivity contribution is -0.138. The quantitative estimate of drug-likeness (QED) is 0.759. The van der Waals surface area contributed by atoms with Crippen LogP contribution in [-0.4, -0.2) is 35.0 Å². The topological polar surface area (TPSA) is 111 Å². The SMILES string of the molecule is Cc1ccc(N2C(N)=C(C#N)C(c3ccccc3)C3=C2C(=O)N(CCO)C3=O)cc1. The molecule has 0 saturated heterocycles. The van der Waals surface area contributed by atoms with Crippen LogP contribution < -0.4 is 10.6 Å². The average molecular weight is 400 g/mol. The third-order valence-electron chi connectivity index (χ3n) is 5.37. The molecule has 2 aromatic rings. The molecule has 30 heavy (non-hydrogen) atoms. The van der Waals surface area contributed by atoms with Crippen LogP contribution in [0.5, 0.6) is 0 Å². The number of nitrogens with two attached hydrogens (primary N) is 1. The van der Waals surface area contributed by atoms with Gasteiger partial charge in [-0.25, -0.2) is 0 Å². The van der Waals surface area contributed by atoms with E-state index >= 15 is 0 Å².